The number of thiazole rings is 1. The first-order valence-corrected chi connectivity index (χ1v) is 7.92. The van der Waals surface area contributed by atoms with Gasteiger partial charge in [0.1, 0.15) is 16.2 Å². The van der Waals surface area contributed by atoms with E-state index >= 15 is 0 Å². The lowest BCUT2D eigenvalue weighted by Gasteiger charge is -2.37. The van der Waals surface area contributed by atoms with Gasteiger partial charge in [0.2, 0.25) is 0 Å². The number of carboxylic acids is 1. The van der Waals surface area contributed by atoms with Crippen LogP contribution in [0.15, 0.2) is 22.9 Å². The van der Waals surface area contributed by atoms with Crippen LogP contribution in [0.3, 0.4) is 0 Å². The van der Waals surface area contributed by atoms with Crippen LogP contribution in [-0.4, -0.2) is 27.5 Å². The molecule has 7 heteroatoms. The molecule has 1 saturated carbocycles. The first kappa shape index (κ1) is 13.3. The Balaban J connectivity index is 1.76. The minimum absolute atomic E-state index is 0.283. The number of carbonyl (C=O) groups excluding carboxylic acids is 1. The highest BCUT2D eigenvalue weighted by molar-refractivity contribution is 7.20. The van der Waals surface area contributed by atoms with E-state index < -0.39 is 17.4 Å². The third kappa shape index (κ3) is 2.23. The van der Waals surface area contributed by atoms with Gasteiger partial charge in [0, 0.05) is 5.38 Å². The second kappa shape index (κ2) is 4.99. The summed E-state index contributed by atoms with van der Waals surface area (Å²) < 4.78 is 0. The van der Waals surface area contributed by atoms with Gasteiger partial charge in [0.05, 0.1) is 4.88 Å². The van der Waals surface area contributed by atoms with Crippen LogP contribution in [-0.2, 0) is 4.79 Å². The van der Waals surface area contributed by atoms with Crippen molar-refractivity contribution in [3.8, 4) is 9.88 Å². The van der Waals surface area contributed by atoms with Crippen molar-refractivity contribution in [3.05, 3.63) is 28.6 Å². The fourth-order valence-corrected chi connectivity index (χ4v) is 3.71. The molecule has 1 aliphatic carbocycles. The second-order valence-electron chi connectivity index (χ2n) is 4.71. The topological polar surface area (TPSA) is 79.3 Å². The second-order valence-corrected chi connectivity index (χ2v) is 6.52. The normalized spacial score (nSPS) is 16.4. The highest BCUT2D eigenvalue weighted by Crippen LogP contribution is 2.33. The molecule has 1 fully saturated rings. The quantitative estimate of drug-likeness (QED) is 0.910. The van der Waals surface area contributed by atoms with Crippen molar-refractivity contribution in [2.45, 2.75) is 24.8 Å². The molecule has 0 saturated heterocycles. The molecule has 104 valence electrons. The first-order valence-electron chi connectivity index (χ1n) is 6.16. The van der Waals surface area contributed by atoms with E-state index in [9.17, 15) is 14.7 Å². The maximum atomic E-state index is 12.1. The van der Waals surface area contributed by atoms with E-state index in [4.69, 9.17) is 0 Å². The molecule has 1 amide bonds. The fraction of sp³-hybridized carbons (Fsp3) is 0.308. The number of thiophene rings is 1. The molecular weight excluding hydrogens is 296 g/mol. The van der Waals surface area contributed by atoms with Crippen LogP contribution >= 0.6 is 22.7 Å². The van der Waals surface area contributed by atoms with Crippen LogP contribution in [0.1, 0.15) is 29.8 Å². The number of aromatic nitrogens is 1. The largest absolute Gasteiger partial charge is 0.480 e. The van der Waals surface area contributed by atoms with Crippen molar-refractivity contribution in [3.63, 3.8) is 0 Å². The minimum atomic E-state index is -1.09. The van der Waals surface area contributed by atoms with Crippen LogP contribution < -0.4 is 5.32 Å². The van der Waals surface area contributed by atoms with Gasteiger partial charge in [-0.25, -0.2) is 9.78 Å². The molecule has 0 bridgehead atoms. The molecule has 1 aliphatic rings. The number of amides is 1. The van der Waals surface area contributed by atoms with E-state index in [-0.39, 0.29) is 5.69 Å². The molecular formula is C13H12N2O3S2. The minimum Gasteiger partial charge on any atom is -0.480 e. The molecule has 5 nitrogen and oxygen atoms in total. The third-order valence-electron chi connectivity index (χ3n) is 3.44. The third-order valence-corrected chi connectivity index (χ3v) is 5.32. The van der Waals surface area contributed by atoms with Crippen molar-refractivity contribution < 1.29 is 14.7 Å². The van der Waals surface area contributed by atoms with Gasteiger partial charge in [-0.05, 0) is 30.7 Å². The van der Waals surface area contributed by atoms with Crippen molar-refractivity contribution in [2.24, 2.45) is 0 Å². The summed E-state index contributed by atoms with van der Waals surface area (Å²) in [7, 11) is 0. The van der Waals surface area contributed by atoms with E-state index in [0.29, 0.717) is 12.8 Å². The zero-order valence-electron chi connectivity index (χ0n) is 10.5. The summed E-state index contributed by atoms with van der Waals surface area (Å²) >= 11 is 2.94. The Morgan fingerprint density at radius 2 is 2.15 bits per heavy atom. The molecule has 2 aromatic rings. The molecule has 0 unspecified atom stereocenters. The van der Waals surface area contributed by atoms with E-state index in [1.807, 2.05) is 17.5 Å². The van der Waals surface area contributed by atoms with Crippen LogP contribution in [0.25, 0.3) is 9.88 Å². The number of hydrogen-bond donors (Lipinski definition) is 2. The number of nitrogens with one attached hydrogen (secondary N) is 1. The summed E-state index contributed by atoms with van der Waals surface area (Å²) in [5.74, 6) is -1.38. The number of rotatable bonds is 4. The van der Waals surface area contributed by atoms with Crippen LogP contribution in [0.2, 0.25) is 0 Å². The lowest BCUT2D eigenvalue weighted by Crippen LogP contribution is -2.59. The fourth-order valence-electron chi connectivity index (χ4n) is 2.10. The molecule has 0 spiro atoms. The predicted octanol–water partition coefficient (Wildman–Crippen LogP) is 2.61. The SMILES string of the molecule is O=C(NC1(C(=O)O)CCC1)c1csc(-c2cccs2)n1. The Bertz CT molecular complexity index is 644. The highest BCUT2D eigenvalue weighted by Gasteiger charge is 2.46. The summed E-state index contributed by atoms with van der Waals surface area (Å²) in [6.45, 7) is 0. The molecule has 0 radical (unpaired) electrons. The maximum absolute atomic E-state index is 12.1. The maximum Gasteiger partial charge on any atom is 0.329 e. The van der Waals surface area contributed by atoms with Crippen LogP contribution in [0.4, 0.5) is 0 Å². The van der Waals surface area contributed by atoms with Gasteiger partial charge in [-0.1, -0.05) is 6.07 Å². The molecule has 2 N–H and O–H groups in total. The molecule has 3 rings (SSSR count). The predicted molar refractivity (Wildman–Crippen MR) is 77.1 cm³/mol. The summed E-state index contributed by atoms with van der Waals surface area (Å²) in [5.41, 5.74) is -0.810. The lowest BCUT2D eigenvalue weighted by atomic mass is 9.76. The number of carboxylic acid groups (broad SMARTS) is 1. The van der Waals surface area contributed by atoms with Crippen molar-refractivity contribution in [1.82, 2.24) is 10.3 Å². The monoisotopic (exact) mass is 308 g/mol. The van der Waals surface area contributed by atoms with Gasteiger partial charge < -0.3 is 10.4 Å². The average Bonchev–Trinajstić information content (AvgIpc) is 3.01. The summed E-state index contributed by atoms with van der Waals surface area (Å²) in [4.78, 5) is 28.6. The number of hydrogen-bond acceptors (Lipinski definition) is 5. The number of carbonyl (C=O) groups is 2. The lowest BCUT2D eigenvalue weighted by molar-refractivity contribution is -0.148. The Kier molecular flexibility index (Phi) is 3.31. The Morgan fingerprint density at radius 1 is 1.35 bits per heavy atom. The van der Waals surface area contributed by atoms with Crippen molar-refractivity contribution in [2.75, 3.05) is 0 Å². The van der Waals surface area contributed by atoms with E-state index in [1.165, 1.54) is 11.3 Å². The van der Waals surface area contributed by atoms with Gasteiger partial charge >= 0.3 is 5.97 Å². The zero-order valence-corrected chi connectivity index (χ0v) is 12.1. The van der Waals surface area contributed by atoms with E-state index in [2.05, 4.69) is 10.3 Å². The van der Waals surface area contributed by atoms with Gasteiger partial charge in [-0.15, -0.1) is 22.7 Å². The Hall–Kier alpha value is -1.73. The molecule has 2 heterocycles. The van der Waals surface area contributed by atoms with Crippen molar-refractivity contribution >= 4 is 34.6 Å². The van der Waals surface area contributed by atoms with E-state index in [0.717, 1.165) is 16.3 Å². The van der Waals surface area contributed by atoms with Crippen LogP contribution in [0, 0.1) is 0 Å². The smallest absolute Gasteiger partial charge is 0.329 e. The summed E-state index contributed by atoms with van der Waals surface area (Å²) in [6, 6.07) is 3.87. The molecule has 20 heavy (non-hydrogen) atoms. The Morgan fingerprint density at radius 3 is 2.70 bits per heavy atom. The molecule has 2 aromatic heterocycles. The van der Waals surface area contributed by atoms with Gasteiger partial charge in [-0.2, -0.15) is 0 Å². The van der Waals surface area contributed by atoms with E-state index in [1.54, 1.807) is 16.7 Å². The summed E-state index contributed by atoms with van der Waals surface area (Å²) in [6.07, 6.45) is 1.79. The average molecular weight is 308 g/mol. The first-order chi connectivity index (χ1) is 9.61. The summed E-state index contributed by atoms with van der Waals surface area (Å²) in [5, 5.41) is 16.2. The number of aliphatic carboxylic acids is 1. The van der Waals surface area contributed by atoms with Crippen LogP contribution in [0.5, 0.6) is 0 Å². The zero-order chi connectivity index (χ0) is 14.2. The standard InChI is InChI=1S/C13H12N2O3S2/c16-10(15-13(12(17)18)4-2-5-13)8-7-20-11(14-8)9-3-1-6-19-9/h1,3,6-7H,2,4-5H2,(H,15,16)(H,17,18). The Labute approximate surface area is 123 Å². The van der Waals surface area contributed by atoms with Gasteiger partial charge in [0.15, 0.2) is 0 Å². The molecule has 0 aromatic carbocycles. The number of nitrogens with zero attached hydrogens (tertiary/aromatic N) is 1. The molecule has 0 atom stereocenters. The van der Waals surface area contributed by atoms with Gasteiger partial charge in [0.25, 0.3) is 5.91 Å². The van der Waals surface area contributed by atoms with Crippen molar-refractivity contribution in [1.29, 1.82) is 0 Å². The van der Waals surface area contributed by atoms with Gasteiger partial charge in [-0.3, -0.25) is 4.79 Å². The highest BCUT2D eigenvalue weighted by atomic mass is 32.1. The molecule has 0 aliphatic heterocycles.